The number of H-pyrrole nitrogens is 1. The molecule has 0 spiro atoms. The Labute approximate surface area is 125 Å². The predicted molar refractivity (Wildman–Crippen MR) is 80.3 cm³/mol. The maximum absolute atomic E-state index is 12.1. The van der Waals surface area contributed by atoms with Crippen molar-refractivity contribution in [2.75, 3.05) is 20.3 Å². The molecule has 0 bridgehead atoms. The number of carbonyl (C=O) groups excluding carboxylic acids is 1. The predicted octanol–water partition coefficient (Wildman–Crippen LogP) is 1.99. The molecular weight excluding hydrogens is 296 g/mol. The van der Waals surface area contributed by atoms with Gasteiger partial charge < -0.3 is 10.1 Å². The lowest BCUT2D eigenvalue weighted by molar-refractivity contribution is -0.124. The zero-order chi connectivity index (χ0) is 14.5. The molecule has 20 heavy (non-hydrogen) atoms. The van der Waals surface area contributed by atoms with E-state index in [-0.39, 0.29) is 5.91 Å². The summed E-state index contributed by atoms with van der Waals surface area (Å²) in [6.45, 7) is 2.75. The van der Waals surface area contributed by atoms with Crippen LogP contribution in [0.3, 0.4) is 0 Å². The molecule has 2 rings (SSSR count). The van der Waals surface area contributed by atoms with Crippen molar-refractivity contribution in [3.63, 3.8) is 0 Å². The molecule has 0 saturated carbocycles. The molecule has 0 fully saturated rings. The maximum atomic E-state index is 12.1. The Balaban J connectivity index is 2.22. The van der Waals surface area contributed by atoms with Crippen molar-refractivity contribution in [2.45, 2.75) is 13.0 Å². The Morgan fingerprint density at radius 1 is 1.70 bits per heavy atom. The number of thiophene rings is 1. The van der Waals surface area contributed by atoms with Gasteiger partial charge in [0.15, 0.2) is 10.6 Å². The molecule has 6 nitrogen and oxygen atoms in total. The third kappa shape index (κ3) is 3.14. The number of nitrogens with zero attached hydrogens (tertiary/aromatic N) is 2. The standard InChI is InChI=1S/C12H16N4O2S2/c1-8(11(17)13-5-6-18-2)16-10(14-15-12(16)19)9-4-3-7-20-9/h3-4,7-8H,5-6H2,1-2H3,(H,13,17)(H,15,19)/t8-/m1/s1. The molecule has 0 saturated heterocycles. The van der Waals surface area contributed by atoms with Crippen molar-refractivity contribution in [1.82, 2.24) is 20.1 Å². The fourth-order valence-electron chi connectivity index (χ4n) is 1.78. The fourth-order valence-corrected chi connectivity index (χ4v) is 2.79. The second-order valence-electron chi connectivity index (χ2n) is 4.16. The molecule has 0 radical (unpaired) electrons. The van der Waals surface area contributed by atoms with Crippen LogP contribution in [0, 0.1) is 4.77 Å². The van der Waals surface area contributed by atoms with Crippen molar-refractivity contribution in [1.29, 1.82) is 0 Å². The average Bonchev–Trinajstić information content (AvgIpc) is 3.07. The summed E-state index contributed by atoms with van der Waals surface area (Å²) in [4.78, 5) is 13.1. The van der Waals surface area contributed by atoms with Crippen LogP contribution in [-0.2, 0) is 9.53 Å². The Bertz CT molecular complexity index is 618. The fraction of sp³-hybridized carbons (Fsp3) is 0.417. The van der Waals surface area contributed by atoms with Gasteiger partial charge >= 0.3 is 0 Å². The summed E-state index contributed by atoms with van der Waals surface area (Å²) in [6, 6.07) is 3.45. The van der Waals surface area contributed by atoms with Crippen LogP contribution in [0.2, 0.25) is 0 Å². The number of carbonyl (C=O) groups is 1. The number of aromatic amines is 1. The summed E-state index contributed by atoms with van der Waals surface area (Å²) in [5, 5.41) is 11.7. The molecule has 0 aliphatic heterocycles. The van der Waals surface area contributed by atoms with Gasteiger partial charge in [-0.05, 0) is 30.6 Å². The van der Waals surface area contributed by atoms with E-state index in [2.05, 4.69) is 15.5 Å². The summed E-state index contributed by atoms with van der Waals surface area (Å²) in [5.41, 5.74) is 0. The largest absolute Gasteiger partial charge is 0.383 e. The summed E-state index contributed by atoms with van der Waals surface area (Å²) in [7, 11) is 1.59. The molecule has 0 aromatic carbocycles. The van der Waals surface area contributed by atoms with Crippen LogP contribution in [-0.4, -0.2) is 40.9 Å². The number of hydrogen-bond donors (Lipinski definition) is 2. The molecule has 2 aromatic heterocycles. The normalized spacial score (nSPS) is 12.3. The highest BCUT2D eigenvalue weighted by Gasteiger charge is 2.20. The Morgan fingerprint density at radius 2 is 2.50 bits per heavy atom. The minimum absolute atomic E-state index is 0.114. The van der Waals surface area contributed by atoms with E-state index in [1.165, 1.54) is 0 Å². The topological polar surface area (TPSA) is 71.9 Å². The molecule has 108 valence electrons. The summed E-state index contributed by atoms with van der Waals surface area (Å²) < 4.78 is 7.07. The Kier molecular flexibility index (Phi) is 5.05. The average molecular weight is 312 g/mol. The number of ether oxygens (including phenoxy) is 1. The molecule has 0 aliphatic carbocycles. The molecule has 0 aliphatic rings. The summed E-state index contributed by atoms with van der Waals surface area (Å²) in [5.74, 6) is 0.566. The Morgan fingerprint density at radius 3 is 3.15 bits per heavy atom. The second kappa shape index (κ2) is 6.78. The van der Waals surface area contributed by atoms with Gasteiger partial charge in [-0.25, -0.2) is 0 Å². The molecule has 1 atom stereocenters. The van der Waals surface area contributed by atoms with E-state index in [1.54, 1.807) is 29.9 Å². The van der Waals surface area contributed by atoms with E-state index in [1.807, 2.05) is 17.5 Å². The van der Waals surface area contributed by atoms with Crippen molar-refractivity contribution >= 4 is 29.5 Å². The van der Waals surface area contributed by atoms with Crippen molar-refractivity contribution in [3.05, 3.63) is 22.3 Å². The monoisotopic (exact) mass is 312 g/mol. The SMILES string of the molecule is COCCNC(=O)[C@@H](C)n1c(-c2cccs2)n[nH]c1=S. The highest BCUT2D eigenvalue weighted by molar-refractivity contribution is 7.71. The van der Waals surface area contributed by atoms with Crippen LogP contribution < -0.4 is 5.32 Å². The zero-order valence-corrected chi connectivity index (χ0v) is 12.9. The highest BCUT2D eigenvalue weighted by Crippen LogP contribution is 2.25. The van der Waals surface area contributed by atoms with Gasteiger partial charge in [0, 0.05) is 13.7 Å². The van der Waals surface area contributed by atoms with Crippen molar-refractivity contribution in [3.8, 4) is 10.7 Å². The first kappa shape index (κ1) is 14.9. The lowest BCUT2D eigenvalue weighted by atomic mass is 10.3. The number of nitrogens with one attached hydrogen (secondary N) is 2. The quantitative estimate of drug-likeness (QED) is 0.632. The summed E-state index contributed by atoms with van der Waals surface area (Å²) >= 11 is 6.78. The minimum atomic E-state index is -0.435. The second-order valence-corrected chi connectivity index (χ2v) is 5.49. The third-order valence-electron chi connectivity index (χ3n) is 2.82. The van der Waals surface area contributed by atoms with E-state index in [0.29, 0.717) is 23.7 Å². The van der Waals surface area contributed by atoms with Gasteiger partial charge in [0.2, 0.25) is 5.91 Å². The van der Waals surface area contributed by atoms with Gasteiger partial charge in [-0.2, -0.15) is 5.10 Å². The molecule has 2 heterocycles. The molecular formula is C12H16N4O2S2. The first-order chi connectivity index (χ1) is 9.65. The van der Waals surface area contributed by atoms with E-state index < -0.39 is 6.04 Å². The minimum Gasteiger partial charge on any atom is -0.383 e. The number of amides is 1. The van der Waals surface area contributed by atoms with Gasteiger partial charge in [0.1, 0.15) is 6.04 Å². The molecule has 2 N–H and O–H groups in total. The Hall–Kier alpha value is -1.51. The third-order valence-corrected chi connectivity index (χ3v) is 3.97. The van der Waals surface area contributed by atoms with E-state index >= 15 is 0 Å². The first-order valence-corrected chi connectivity index (χ1v) is 7.41. The first-order valence-electron chi connectivity index (χ1n) is 6.12. The molecule has 1 amide bonds. The maximum Gasteiger partial charge on any atom is 0.243 e. The molecule has 0 unspecified atom stereocenters. The van der Waals surface area contributed by atoms with Crippen LogP contribution in [0.1, 0.15) is 13.0 Å². The van der Waals surface area contributed by atoms with Gasteiger partial charge in [-0.1, -0.05) is 6.07 Å². The van der Waals surface area contributed by atoms with Crippen LogP contribution in [0.5, 0.6) is 0 Å². The van der Waals surface area contributed by atoms with Crippen molar-refractivity contribution < 1.29 is 9.53 Å². The molecule has 8 heteroatoms. The van der Waals surface area contributed by atoms with Crippen molar-refractivity contribution in [2.24, 2.45) is 0 Å². The number of rotatable bonds is 6. The summed E-state index contributed by atoms with van der Waals surface area (Å²) in [6.07, 6.45) is 0. The molecule has 2 aromatic rings. The number of methoxy groups -OCH3 is 1. The van der Waals surface area contributed by atoms with E-state index in [4.69, 9.17) is 17.0 Å². The van der Waals surface area contributed by atoms with Crippen LogP contribution in [0.15, 0.2) is 17.5 Å². The smallest absolute Gasteiger partial charge is 0.243 e. The van der Waals surface area contributed by atoms with Crippen LogP contribution in [0.25, 0.3) is 10.7 Å². The number of hydrogen-bond acceptors (Lipinski definition) is 5. The van der Waals surface area contributed by atoms with Gasteiger partial charge in [0.05, 0.1) is 11.5 Å². The van der Waals surface area contributed by atoms with Gasteiger partial charge in [-0.3, -0.25) is 14.5 Å². The van der Waals surface area contributed by atoms with E-state index in [0.717, 1.165) is 4.88 Å². The number of aromatic nitrogens is 3. The lowest BCUT2D eigenvalue weighted by Crippen LogP contribution is -2.33. The zero-order valence-electron chi connectivity index (χ0n) is 11.3. The van der Waals surface area contributed by atoms with Gasteiger partial charge in [0.25, 0.3) is 0 Å². The van der Waals surface area contributed by atoms with Crippen LogP contribution >= 0.6 is 23.6 Å². The van der Waals surface area contributed by atoms with Gasteiger partial charge in [-0.15, -0.1) is 11.3 Å². The van der Waals surface area contributed by atoms with E-state index in [9.17, 15) is 4.79 Å². The van der Waals surface area contributed by atoms with Crippen LogP contribution in [0.4, 0.5) is 0 Å². The lowest BCUT2D eigenvalue weighted by Gasteiger charge is -2.15. The highest BCUT2D eigenvalue weighted by atomic mass is 32.1.